The van der Waals surface area contributed by atoms with E-state index in [1.54, 1.807) is 7.11 Å². The summed E-state index contributed by atoms with van der Waals surface area (Å²) >= 11 is 2.23. The van der Waals surface area contributed by atoms with Crippen molar-refractivity contribution in [3.05, 3.63) is 16.0 Å². The van der Waals surface area contributed by atoms with Gasteiger partial charge in [-0.15, -0.1) is 0 Å². The maximum absolute atomic E-state index is 5.05. The Morgan fingerprint density at radius 3 is 2.95 bits per heavy atom. The standard InChI is InChI=1S/C13H21IN4O/c1-19-7-5-15-10-12-4-2-3-6-18(12)13-16-8-11(14)9-17-13/h8-9,12,15H,2-7,10H2,1H3. The van der Waals surface area contributed by atoms with E-state index in [2.05, 4.69) is 42.8 Å². The molecule has 1 fully saturated rings. The minimum atomic E-state index is 0.491. The van der Waals surface area contributed by atoms with E-state index in [1.807, 2.05) is 12.4 Å². The van der Waals surface area contributed by atoms with E-state index < -0.39 is 0 Å². The van der Waals surface area contributed by atoms with Crippen molar-refractivity contribution in [3.8, 4) is 0 Å². The fraction of sp³-hybridized carbons (Fsp3) is 0.692. The monoisotopic (exact) mass is 376 g/mol. The Hall–Kier alpha value is -0.470. The fourth-order valence-electron chi connectivity index (χ4n) is 2.37. The first-order valence-electron chi connectivity index (χ1n) is 6.75. The van der Waals surface area contributed by atoms with Gasteiger partial charge in [0.1, 0.15) is 0 Å². The molecule has 0 saturated carbocycles. The fourth-order valence-corrected chi connectivity index (χ4v) is 2.65. The Morgan fingerprint density at radius 2 is 2.21 bits per heavy atom. The normalized spacial score (nSPS) is 19.7. The average molecular weight is 376 g/mol. The van der Waals surface area contributed by atoms with Crippen LogP contribution in [-0.4, -0.2) is 49.4 Å². The number of aromatic nitrogens is 2. The summed E-state index contributed by atoms with van der Waals surface area (Å²) in [6.07, 6.45) is 7.48. The van der Waals surface area contributed by atoms with Crippen molar-refractivity contribution in [2.45, 2.75) is 25.3 Å². The zero-order chi connectivity index (χ0) is 13.5. The zero-order valence-corrected chi connectivity index (χ0v) is 13.5. The van der Waals surface area contributed by atoms with E-state index in [1.165, 1.54) is 19.3 Å². The predicted octanol–water partition coefficient (Wildman–Crippen LogP) is 1.68. The topological polar surface area (TPSA) is 50.3 Å². The van der Waals surface area contributed by atoms with Crippen LogP contribution in [0.2, 0.25) is 0 Å². The zero-order valence-electron chi connectivity index (χ0n) is 11.3. The largest absolute Gasteiger partial charge is 0.383 e. The maximum atomic E-state index is 5.05. The van der Waals surface area contributed by atoms with E-state index in [0.29, 0.717) is 6.04 Å². The van der Waals surface area contributed by atoms with Gasteiger partial charge in [0.2, 0.25) is 5.95 Å². The van der Waals surface area contributed by atoms with Crippen molar-refractivity contribution >= 4 is 28.5 Å². The van der Waals surface area contributed by atoms with Gasteiger partial charge in [0.15, 0.2) is 0 Å². The third-order valence-corrected chi connectivity index (χ3v) is 3.91. The summed E-state index contributed by atoms with van der Waals surface area (Å²) in [6.45, 7) is 3.68. The first kappa shape index (κ1) is 14.9. The summed E-state index contributed by atoms with van der Waals surface area (Å²) in [4.78, 5) is 11.2. The molecule has 19 heavy (non-hydrogen) atoms. The quantitative estimate of drug-likeness (QED) is 0.605. The number of nitrogens with one attached hydrogen (secondary N) is 1. The van der Waals surface area contributed by atoms with Gasteiger partial charge in [-0.05, 0) is 41.9 Å². The molecule has 2 rings (SSSR count). The Labute approximate surface area is 128 Å². The molecule has 6 heteroatoms. The lowest BCUT2D eigenvalue weighted by Gasteiger charge is -2.35. The van der Waals surface area contributed by atoms with Crippen LogP contribution >= 0.6 is 22.6 Å². The van der Waals surface area contributed by atoms with Crippen LogP contribution in [0.5, 0.6) is 0 Å². The van der Waals surface area contributed by atoms with Crippen molar-refractivity contribution in [2.24, 2.45) is 0 Å². The molecule has 1 unspecified atom stereocenters. The number of anilines is 1. The van der Waals surface area contributed by atoms with Gasteiger partial charge < -0.3 is 15.0 Å². The molecule has 0 spiro atoms. The third-order valence-electron chi connectivity index (χ3n) is 3.35. The number of ether oxygens (including phenoxy) is 1. The number of rotatable bonds is 6. The second kappa shape index (κ2) is 7.96. The van der Waals surface area contributed by atoms with Crippen LogP contribution in [0.15, 0.2) is 12.4 Å². The molecule has 0 bridgehead atoms. The second-order valence-corrected chi connectivity index (χ2v) is 5.99. The number of halogens is 1. The van der Waals surface area contributed by atoms with E-state index in [9.17, 15) is 0 Å². The number of nitrogens with zero attached hydrogens (tertiary/aromatic N) is 3. The van der Waals surface area contributed by atoms with Gasteiger partial charge in [-0.1, -0.05) is 0 Å². The van der Waals surface area contributed by atoms with Gasteiger partial charge in [-0.3, -0.25) is 0 Å². The van der Waals surface area contributed by atoms with Gasteiger partial charge >= 0.3 is 0 Å². The van der Waals surface area contributed by atoms with E-state index in [4.69, 9.17) is 4.74 Å². The molecule has 1 aliphatic rings. The SMILES string of the molecule is COCCNCC1CCCCN1c1ncc(I)cn1. The molecule has 1 aromatic heterocycles. The lowest BCUT2D eigenvalue weighted by Crippen LogP contribution is -2.46. The smallest absolute Gasteiger partial charge is 0.225 e. The molecule has 0 aliphatic carbocycles. The molecular formula is C13H21IN4O. The Bertz CT molecular complexity index is 373. The van der Waals surface area contributed by atoms with Gasteiger partial charge in [0, 0.05) is 48.7 Å². The lowest BCUT2D eigenvalue weighted by molar-refractivity contribution is 0.198. The molecule has 0 aromatic carbocycles. The Balaban J connectivity index is 1.93. The minimum Gasteiger partial charge on any atom is -0.383 e. The molecule has 2 heterocycles. The summed E-state index contributed by atoms with van der Waals surface area (Å²) in [7, 11) is 1.73. The van der Waals surface area contributed by atoms with E-state index in [0.717, 1.165) is 35.8 Å². The molecule has 1 aromatic rings. The molecule has 1 N–H and O–H groups in total. The molecular weight excluding hydrogens is 355 g/mol. The van der Waals surface area contributed by atoms with Crippen LogP contribution < -0.4 is 10.2 Å². The Morgan fingerprint density at radius 1 is 1.42 bits per heavy atom. The summed E-state index contributed by atoms with van der Waals surface area (Å²) < 4.78 is 6.13. The maximum Gasteiger partial charge on any atom is 0.225 e. The first-order chi connectivity index (χ1) is 9.31. The summed E-state index contributed by atoms with van der Waals surface area (Å²) in [6, 6.07) is 0.491. The number of hydrogen-bond acceptors (Lipinski definition) is 5. The molecule has 1 aliphatic heterocycles. The van der Waals surface area contributed by atoms with Crippen LogP contribution in [0, 0.1) is 3.57 Å². The van der Waals surface area contributed by atoms with E-state index in [-0.39, 0.29) is 0 Å². The number of hydrogen-bond donors (Lipinski definition) is 1. The van der Waals surface area contributed by atoms with Crippen LogP contribution in [0.25, 0.3) is 0 Å². The molecule has 0 radical (unpaired) electrons. The average Bonchev–Trinajstić information content (AvgIpc) is 2.45. The van der Waals surface area contributed by atoms with Crippen LogP contribution in [-0.2, 0) is 4.74 Å². The highest BCUT2D eigenvalue weighted by Gasteiger charge is 2.23. The third kappa shape index (κ3) is 4.54. The molecule has 5 nitrogen and oxygen atoms in total. The van der Waals surface area contributed by atoms with Crippen molar-refractivity contribution in [1.82, 2.24) is 15.3 Å². The minimum absolute atomic E-state index is 0.491. The van der Waals surface area contributed by atoms with Gasteiger partial charge in [-0.25, -0.2) is 9.97 Å². The molecule has 1 atom stereocenters. The van der Waals surface area contributed by atoms with Gasteiger partial charge in [0.25, 0.3) is 0 Å². The van der Waals surface area contributed by atoms with Gasteiger partial charge in [-0.2, -0.15) is 0 Å². The van der Waals surface area contributed by atoms with Crippen molar-refractivity contribution in [1.29, 1.82) is 0 Å². The highest BCUT2D eigenvalue weighted by molar-refractivity contribution is 14.1. The van der Waals surface area contributed by atoms with Gasteiger partial charge in [0.05, 0.1) is 6.61 Å². The van der Waals surface area contributed by atoms with Crippen molar-refractivity contribution < 1.29 is 4.74 Å². The van der Waals surface area contributed by atoms with Crippen LogP contribution in [0.3, 0.4) is 0 Å². The van der Waals surface area contributed by atoms with Crippen LogP contribution in [0.4, 0.5) is 5.95 Å². The molecule has 0 amide bonds. The first-order valence-corrected chi connectivity index (χ1v) is 7.83. The summed E-state index contributed by atoms with van der Waals surface area (Å²) in [5, 5.41) is 3.44. The summed E-state index contributed by atoms with van der Waals surface area (Å²) in [5.74, 6) is 0.860. The second-order valence-electron chi connectivity index (χ2n) is 4.74. The van der Waals surface area contributed by atoms with E-state index >= 15 is 0 Å². The number of piperidine rings is 1. The molecule has 106 valence electrons. The molecule has 1 saturated heterocycles. The number of methoxy groups -OCH3 is 1. The van der Waals surface area contributed by atoms with Crippen molar-refractivity contribution in [3.63, 3.8) is 0 Å². The van der Waals surface area contributed by atoms with Crippen LogP contribution in [0.1, 0.15) is 19.3 Å². The summed E-state index contributed by atoms with van der Waals surface area (Å²) in [5.41, 5.74) is 0. The highest BCUT2D eigenvalue weighted by Crippen LogP contribution is 2.21. The Kier molecular flexibility index (Phi) is 6.25. The van der Waals surface area contributed by atoms with Crippen molar-refractivity contribution in [2.75, 3.05) is 38.3 Å². The predicted molar refractivity (Wildman–Crippen MR) is 84.5 cm³/mol. The highest BCUT2D eigenvalue weighted by atomic mass is 127. The lowest BCUT2D eigenvalue weighted by atomic mass is 10.0.